The van der Waals surface area contributed by atoms with Crippen LogP contribution in [0.1, 0.15) is 21.5 Å². The first-order chi connectivity index (χ1) is 9.10. The molecule has 2 N–H and O–H groups in total. The van der Waals surface area contributed by atoms with E-state index in [-0.39, 0.29) is 5.82 Å². The van der Waals surface area contributed by atoms with Crippen molar-refractivity contribution in [2.75, 3.05) is 7.11 Å². The van der Waals surface area contributed by atoms with E-state index < -0.39 is 5.91 Å². The summed E-state index contributed by atoms with van der Waals surface area (Å²) in [4.78, 5) is 11.4. The van der Waals surface area contributed by atoms with Gasteiger partial charge < -0.3 is 10.5 Å². The van der Waals surface area contributed by atoms with Crippen LogP contribution >= 0.6 is 0 Å². The highest BCUT2D eigenvalue weighted by Gasteiger charge is 2.10. The fourth-order valence-electron chi connectivity index (χ4n) is 1.89. The largest absolute Gasteiger partial charge is 0.497 e. The number of ether oxygens (including phenoxy) is 1. The van der Waals surface area contributed by atoms with E-state index in [0.29, 0.717) is 17.7 Å². The van der Waals surface area contributed by atoms with E-state index in [1.54, 1.807) is 30.3 Å². The minimum Gasteiger partial charge on any atom is -0.497 e. The highest BCUT2D eigenvalue weighted by Crippen LogP contribution is 2.20. The lowest BCUT2D eigenvalue weighted by Crippen LogP contribution is -2.14. The monoisotopic (exact) mass is 259 g/mol. The Morgan fingerprint density at radius 2 is 1.89 bits per heavy atom. The summed E-state index contributed by atoms with van der Waals surface area (Å²) in [5, 5.41) is 0. The van der Waals surface area contributed by atoms with Gasteiger partial charge in [0.1, 0.15) is 11.6 Å². The fourth-order valence-corrected chi connectivity index (χ4v) is 1.89. The molecular formula is C15H14FNO2. The van der Waals surface area contributed by atoms with E-state index in [1.165, 1.54) is 19.2 Å². The Labute approximate surface area is 110 Å². The van der Waals surface area contributed by atoms with Crippen LogP contribution in [0.15, 0.2) is 42.5 Å². The Morgan fingerprint density at radius 3 is 2.47 bits per heavy atom. The lowest BCUT2D eigenvalue weighted by atomic mass is 9.99. The average molecular weight is 259 g/mol. The molecule has 2 aromatic rings. The van der Waals surface area contributed by atoms with Gasteiger partial charge in [-0.15, -0.1) is 0 Å². The lowest BCUT2D eigenvalue weighted by molar-refractivity contribution is 0.0999. The van der Waals surface area contributed by atoms with Crippen LogP contribution in [0, 0.1) is 5.82 Å². The molecular weight excluding hydrogens is 245 g/mol. The molecule has 0 saturated heterocycles. The van der Waals surface area contributed by atoms with Crippen molar-refractivity contribution in [1.82, 2.24) is 0 Å². The predicted molar refractivity (Wildman–Crippen MR) is 70.7 cm³/mol. The third kappa shape index (κ3) is 3.10. The molecule has 0 aromatic heterocycles. The van der Waals surface area contributed by atoms with Crippen molar-refractivity contribution in [1.29, 1.82) is 0 Å². The summed E-state index contributed by atoms with van der Waals surface area (Å²) in [6, 6.07) is 11.3. The molecule has 0 spiro atoms. The number of halogens is 1. The Bertz CT molecular complexity index is 594. The van der Waals surface area contributed by atoms with Crippen LogP contribution in [0.5, 0.6) is 5.75 Å². The quantitative estimate of drug-likeness (QED) is 0.917. The number of nitrogens with two attached hydrogens (primary N) is 1. The summed E-state index contributed by atoms with van der Waals surface area (Å²) in [6.07, 6.45) is 0.516. The van der Waals surface area contributed by atoms with Crippen LogP contribution in [0.2, 0.25) is 0 Å². The van der Waals surface area contributed by atoms with Crippen LogP contribution < -0.4 is 10.5 Å². The Balaban J connectivity index is 2.33. The van der Waals surface area contributed by atoms with Crippen molar-refractivity contribution in [3.63, 3.8) is 0 Å². The minimum atomic E-state index is -0.504. The summed E-state index contributed by atoms with van der Waals surface area (Å²) >= 11 is 0. The summed E-state index contributed by atoms with van der Waals surface area (Å²) in [5.41, 5.74) is 7.48. The van der Waals surface area contributed by atoms with Gasteiger partial charge in [-0.25, -0.2) is 4.39 Å². The molecule has 1 amide bonds. The third-order valence-corrected chi connectivity index (χ3v) is 2.89. The second-order valence-corrected chi connectivity index (χ2v) is 4.19. The lowest BCUT2D eigenvalue weighted by Gasteiger charge is -2.09. The average Bonchev–Trinajstić information content (AvgIpc) is 2.41. The van der Waals surface area contributed by atoms with Gasteiger partial charge in [-0.05, 0) is 41.8 Å². The molecule has 0 aliphatic heterocycles. The number of hydrogen-bond donors (Lipinski definition) is 1. The van der Waals surface area contributed by atoms with Crippen LogP contribution in [-0.2, 0) is 6.42 Å². The Hall–Kier alpha value is -2.36. The molecule has 0 bridgehead atoms. The van der Waals surface area contributed by atoms with E-state index in [0.717, 1.165) is 11.1 Å². The maximum atomic E-state index is 12.8. The van der Waals surface area contributed by atoms with E-state index in [1.807, 2.05) is 0 Å². The number of hydrogen-bond acceptors (Lipinski definition) is 2. The zero-order valence-electron chi connectivity index (χ0n) is 10.5. The van der Waals surface area contributed by atoms with E-state index in [2.05, 4.69) is 0 Å². The Morgan fingerprint density at radius 1 is 1.21 bits per heavy atom. The molecule has 2 rings (SSSR count). The molecule has 0 fully saturated rings. The first kappa shape index (κ1) is 13.1. The first-order valence-corrected chi connectivity index (χ1v) is 5.81. The Kier molecular flexibility index (Phi) is 3.80. The van der Waals surface area contributed by atoms with Crippen molar-refractivity contribution in [3.8, 4) is 5.75 Å². The van der Waals surface area contributed by atoms with Gasteiger partial charge >= 0.3 is 0 Å². The van der Waals surface area contributed by atoms with E-state index in [9.17, 15) is 9.18 Å². The molecule has 0 aliphatic rings. The number of amides is 1. The fraction of sp³-hybridized carbons (Fsp3) is 0.133. The molecule has 0 saturated carbocycles. The molecule has 0 unspecified atom stereocenters. The predicted octanol–water partition coefficient (Wildman–Crippen LogP) is 2.52. The van der Waals surface area contributed by atoms with E-state index >= 15 is 0 Å². The van der Waals surface area contributed by atoms with Crippen LogP contribution in [0.4, 0.5) is 4.39 Å². The molecule has 4 heteroatoms. The second-order valence-electron chi connectivity index (χ2n) is 4.19. The normalized spacial score (nSPS) is 10.2. The van der Waals surface area contributed by atoms with Gasteiger partial charge in [-0.3, -0.25) is 4.79 Å². The zero-order chi connectivity index (χ0) is 13.8. The molecule has 2 aromatic carbocycles. The van der Waals surface area contributed by atoms with Crippen molar-refractivity contribution < 1.29 is 13.9 Å². The molecule has 0 aliphatic carbocycles. The number of carbonyl (C=O) groups excluding carboxylic acids is 1. The third-order valence-electron chi connectivity index (χ3n) is 2.89. The summed E-state index contributed by atoms with van der Waals surface area (Å²) < 4.78 is 17.9. The highest BCUT2D eigenvalue weighted by molar-refractivity contribution is 5.94. The number of rotatable bonds is 4. The smallest absolute Gasteiger partial charge is 0.249 e. The number of benzene rings is 2. The zero-order valence-corrected chi connectivity index (χ0v) is 10.5. The minimum absolute atomic E-state index is 0.284. The maximum Gasteiger partial charge on any atom is 0.249 e. The van der Waals surface area contributed by atoms with Crippen molar-refractivity contribution in [2.45, 2.75) is 6.42 Å². The van der Waals surface area contributed by atoms with Crippen LogP contribution in [-0.4, -0.2) is 13.0 Å². The molecule has 0 heterocycles. The van der Waals surface area contributed by atoms with Crippen LogP contribution in [0.3, 0.4) is 0 Å². The molecule has 19 heavy (non-hydrogen) atoms. The number of methoxy groups -OCH3 is 1. The summed E-state index contributed by atoms with van der Waals surface area (Å²) in [6.45, 7) is 0. The maximum absolute atomic E-state index is 12.8. The van der Waals surface area contributed by atoms with Gasteiger partial charge in [0.2, 0.25) is 5.91 Å². The van der Waals surface area contributed by atoms with Crippen molar-refractivity contribution in [3.05, 3.63) is 65.0 Å². The number of primary amides is 1. The second kappa shape index (κ2) is 5.52. The number of carbonyl (C=O) groups is 1. The van der Waals surface area contributed by atoms with Crippen molar-refractivity contribution >= 4 is 5.91 Å². The first-order valence-electron chi connectivity index (χ1n) is 5.81. The molecule has 98 valence electrons. The molecule has 0 radical (unpaired) electrons. The summed E-state index contributed by atoms with van der Waals surface area (Å²) in [5.74, 6) is -0.207. The van der Waals surface area contributed by atoms with Gasteiger partial charge in [-0.2, -0.15) is 0 Å². The highest BCUT2D eigenvalue weighted by atomic mass is 19.1. The van der Waals surface area contributed by atoms with E-state index in [4.69, 9.17) is 10.5 Å². The topological polar surface area (TPSA) is 52.3 Å². The van der Waals surface area contributed by atoms with Gasteiger partial charge in [0.25, 0.3) is 0 Å². The van der Waals surface area contributed by atoms with Gasteiger partial charge in [0.15, 0.2) is 0 Å². The van der Waals surface area contributed by atoms with Gasteiger partial charge in [0.05, 0.1) is 7.11 Å². The standard InChI is InChI=1S/C15H14FNO2/c1-19-13-7-4-11(14(9-13)15(17)18)8-10-2-5-12(16)6-3-10/h2-7,9H,8H2,1H3,(H2,17,18). The van der Waals surface area contributed by atoms with Gasteiger partial charge in [-0.1, -0.05) is 18.2 Å². The SMILES string of the molecule is COc1ccc(Cc2ccc(F)cc2)c(C(N)=O)c1. The van der Waals surface area contributed by atoms with Crippen molar-refractivity contribution in [2.24, 2.45) is 5.73 Å². The summed E-state index contributed by atoms with van der Waals surface area (Å²) in [7, 11) is 1.53. The molecule has 0 atom stereocenters. The van der Waals surface area contributed by atoms with Crippen LogP contribution in [0.25, 0.3) is 0 Å². The molecule has 3 nitrogen and oxygen atoms in total. The van der Waals surface area contributed by atoms with Gasteiger partial charge in [0, 0.05) is 5.56 Å².